The Hall–Kier alpha value is -3.94. The van der Waals surface area contributed by atoms with Crippen LogP contribution in [0.2, 0.25) is 0 Å². The van der Waals surface area contributed by atoms with E-state index in [2.05, 4.69) is 25.0 Å². The highest BCUT2D eigenvalue weighted by atomic mass is 32.1. The molecule has 4 rings (SSSR count). The molecule has 0 unspecified atom stereocenters. The molecule has 0 bridgehead atoms. The first-order valence-corrected chi connectivity index (χ1v) is 12.1. The Morgan fingerprint density at radius 3 is 2.57 bits per heavy atom. The molecule has 3 aromatic rings. The molecule has 1 aromatic carbocycles. The van der Waals surface area contributed by atoms with Crippen LogP contribution in [0.15, 0.2) is 40.5 Å². The van der Waals surface area contributed by atoms with Crippen molar-refractivity contribution in [3.63, 3.8) is 0 Å². The Labute approximate surface area is 213 Å². The summed E-state index contributed by atoms with van der Waals surface area (Å²) in [5.74, 6) is -1.23. The van der Waals surface area contributed by atoms with E-state index in [0.717, 1.165) is 6.07 Å². The van der Waals surface area contributed by atoms with Gasteiger partial charge in [0, 0.05) is 44.5 Å². The number of rotatable bonds is 6. The third-order valence-corrected chi connectivity index (χ3v) is 6.63. The Morgan fingerprint density at radius 1 is 1.19 bits per heavy atom. The number of aromatic amines is 1. The number of nitrogens with one attached hydrogen (secondary N) is 2. The quantitative estimate of drug-likeness (QED) is 0.495. The summed E-state index contributed by atoms with van der Waals surface area (Å²) in [6, 6.07) is 6.43. The number of carbonyl (C=O) groups is 2. The largest absolute Gasteiger partial charge is 0.573 e. The molecule has 2 N–H and O–H groups in total. The van der Waals surface area contributed by atoms with Crippen LogP contribution in [0.3, 0.4) is 0 Å². The summed E-state index contributed by atoms with van der Waals surface area (Å²) in [7, 11) is 3.40. The minimum atomic E-state index is -4.90. The fourth-order valence-electron chi connectivity index (χ4n) is 3.84. The molecule has 37 heavy (non-hydrogen) atoms. The number of ether oxygens (including phenoxy) is 1. The Kier molecular flexibility index (Phi) is 7.47. The number of alkyl halides is 3. The molecule has 2 aromatic heterocycles. The van der Waals surface area contributed by atoms with Gasteiger partial charge in [0.05, 0.1) is 10.6 Å². The van der Waals surface area contributed by atoms with Crippen LogP contribution in [0.25, 0.3) is 0 Å². The molecule has 1 aliphatic rings. The van der Waals surface area contributed by atoms with Gasteiger partial charge in [-0.2, -0.15) is 4.98 Å². The Balaban J connectivity index is 1.38. The molecule has 0 saturated carbocycles. The highest BCUT2D eigenvalue weighted by Crippen LogP contribution is 2.33. The lowest BCUT2D eigenvalue weighted by molar-refractivity contribution is -0.274. The molecule has 1 fully saturated rings. The number of anilines is 2. The molecule has 196 valence electrons. The number of amides is 2. The topological polar surface area (TPSA) is 121 Å². The second-order valence-electron chi connectivity index (χ2n) is 8.48. The first-order valence-electron chi connectivity index (χ1n) is 11.2. The number of carbonyl (C=O) groups excluding carboxylic acids is 2. The number of hydrogen-bond donors (Lipinski definition) is 2. The summed E-state index contributed by atoms with van der Waals surface area (Å²) in [6.07, 6.45) is -3.84. The van der Waals surface area contributed by atoms with Crippen LogP contribution in [-0.4, -0.2) is 65.2 Å². The van der Waals surface area contributed by atoms with E-state index in [4.69, 9.17) is 0 Å². The van der Waals surface area contributed by atoms with Crippen molar-refractivity contribution in [3.8, 4) is 5.75 Å². The standard InChI is InChI=1S/C23H23F3N6O4S/c1-31(2)22-29-17(11-18(33)30-22)28-19(34)15-12-37-20(27-15)13-7-9-32(10-8-13)21(35)14-5-3-4-6-16(14)36-23(24,25)26/h3-6,11-13H,7-10H2,1-2H3,(H2,28,29,30,33,34). The van der Waals surface area contributed by atoms with Crippen LogP contribution in [0.5, 0.6) is 5.75 Å². The zero-order valence-corrected chi connectivity index (χ0v) is 20.7. The van der Waals surface area contributed by atoms with Gasteiger partial charge < -0.3 is 19.9 Å². The predicted octanol–water partition coefficient (Wildman–Crippen LogP) is 3.46. The fraction of sp³-hybridized carbons (Fsp3) is 0.348. The zero-order chi connectivity index (χ0) is 26.7. The first kappa shape index (κ1) is 26.1. The van der Waals surface area contributed by atoms with Gasteiger partial charge in [0.2, 0.25) is 5.95 Å². The van der Waals surface area contributed by atoms with Crippen molar-refractivity contribution in [1.82, 2.24) is 19.9 Å². The molecule has 0 atom stereocenters. The van der Waals surface area contributed by atoms with Crippen molar-refractivity contribution in [1.29, 1.82) is 0 Å². The van der Waals surface area contributed by atoms with Crippen molar-refractivity contribution in [3.05, 3.63) is 62.3 Å². The van der Waals surface area contributed by atoms with Crippen molar-refractivity contribution in [2.24, 2.45) is 0 Å². The summed E-state index contributed by atoms with van der Waals surface area (Å²) in [5.41, 5.74) is -0.399. The van der Waals surface area contributed by atoms with E-state index in [9.17, 15) is 27.6 Å². The summed E-state index contributed by atoms with van der Waals surface area (Å²) in [6.45, 7) is 0.629. The molecule has 1 aliphatic heterocycles. The highest BCUT2D eigenvalue weighted by Gasteiger charge is 2.34. The van der Waals surface area contributed by atoms with Crippen molar-refractivity contribution in [2.45, 2.75) is 25.1 Å². The zero-order valence-electron chi connectivity index (χ0n) is 19.8. The van der Waals surface area contributed by atoms with Gasteiger partial charge in [-0.15, -0.1) is 24.5 Å². The van der Waals surface area contributed by atoms with Crippen LogP contribution in [0.4, 0.5) is 24.9 Å². The number of halogens is 3. The van der Waals surface area contributed by atoms with Gasteiger partial charge in [0.25, 0.3) is 17.4 Å². The third-order valence-electron chi connectivity index (χ3n) is 5.62. The van der Waals surface area contributed by atoms with Gasteiger partial charge in [-0.3, -0.25) is 19.4 Å². The van der Waals surface area contributed by atoms with Gasteiger partial charge in [-0.05, 0) is 25.0 Å². The number of nitrogens with zero attached hydrogens (tertiary/aromatic N) is 4. The molecule has 3 heterocycles. The number of H-pyrrole nitrogens is 1. The number of hydrogen-bond acceptors (Lipinski definition) is 8. The van der Waals surface area contributed by atoms with Crippen LogP contribution in [0.1, 0.15) is 44.6 Å². The number of aromatic nitrogens is 3. The summed E-state index contributed by atoms with van der Waals surface area (Å²) < 4.78 is 42.1. The Bertz CT molecular complexity index is 1350. The van der Waals surface area contributed by atoms with Gasteiger partial charge in [0.15, 0.2) is 0 Å². The number of para-hydroxylation sites is 1. The molecular formula is C23H23F3N6O4S. The fourth-order valence-corrected chi connectivity index (χ4v) is 4.81. The molecule has 0 radical (unpaired) electrons. The predicted molar refractivity (Wildman–Crippen MR) is 130 cm³/mol. The summed E-state index contributed by atoms with van der Waals surface area (Å²) in [4.78, 5) is 51.6. The second-order valence-corrected chi connectivity index (χ2v) is 9.37. The SMILES string of the molecule is CN(C)c1nc(NC(=O)c2csc(C3CCN(C(=O)c4ccccc4OC(F)(F)F)CC3)n2)cc(=O)[nH]1. The lowest BCUT2D eigenvalue weighted by atomic mass is 9.97. The third kappa shape index (κ3) is 6.44. The molecule has 2 amide bonds. The molecule has 0 aliphatic carbocycles. The normalized spacial score (nSPS) is 14.4. The number of benzene rings is 1. The average Bonchev–Trinajstić information content (AvgIpc) is 3.33. The van der Waals surface area contributed by atoms with E-state index >= 15 is 0 Å². The van der Waals surface area contributed by atoms with Crippen LogP contribution < -0.4 is 20.5 Å². The maximum atomic E-state index is 12.9. The van der Waals surface area contributed by atoms with Crippen LogP contribution in [0, 0.1) is 0 Å². The molecule has 0 spiro atoms. The smallest absolute Gasteiger partial charge is 0.405 e. The first-order chi connectivity index (χ1) is 17.5. The number of piperidine rings is 1. The van der Waals surface area contributed by atoms with Gasteiger partial charge in [-0.1, -0.05) is 12.1 Å². The van der Waals surface area contributed by atoms with Crippen molar-refractivity contribution in [2.75, 3.05) is 37.4 Å². The molecular weight excluding hydrogens is 513 g/mol. The van der Waals surface area contributed by atoms with E-state index in [0.29, 0.717) is 30.9 Å². The van der Waals surface area contributed by atoms with Gasteiger partial charge >= 0.3 is 6.36 Å². The van der Waals surface area contributed by atoms with Gasteiger partial charge in [0.1, 0.15) is 17.3 Å². The molecule has 14 heteroatoms. The Morgan fingerprint density at radius 2 is 1.89 bits per heavy atom. The minimum absolute atomic E-state index is 0.0182. The van der Waals surface area contributed by atoms with E-state index in [1.807, 2.05) is 0 Å². The maximum absolute atomic E-state index is 12.9. The lowest BCUT2D eigenvalue weighted by Crippen LogP contribution is -2.38. The van der Waals surface area contributed by atoms with Crippen molar-refractivity contribution >= 4 is 34.9 Å². The van der Waals surface area contributed by atoms with E-state index < -0.39 is 29.5 Å². The van der Waals surface area contributed by atoms with Gasteiger partial charge in [-0.25, -0.2) is 4.98 Å². The van der Waals surface area contributed by atoms with E-state index in [1.54, 1.807) is 24.4 Å². The maximum Gasteiger partial charge on any atom is 0.573 e. The van der Waals surface area contributed by atoms with Crippen LogP contribution >= 0.6 is 11.3 Å². The number of likely N-dealkylation sites (tertiary alicyclic amines) is 1. The van der Waals surface area contributed by atoms with Crippen molar-refractivity contribution < 1.29 is 27.5 Å². The lowest BCUT2D eigenvalue weighted by Gasteiger charge is -2.31. The van der Waals surface area contributed by atoms with E-state index in [1.165, 1.54) is 40.5 Å². The van der Waals surface area contributed by atoms with E-state index in [-0.39, 0.29) is 28.9 Å². The molecule has 10 nitrogen and oxygen atoms in total. The minimum Gasteiger partial charge on any atom is -0.405 e. The van der Waals surface area contributed by atoms with Crippen LogP contribution in [-0.2, 0) is 0 Å². The second kappa shape index (κ2) is 10.6. The molecule has 1 saturated heterocycles. The monoisotopic (exact) mass is 536 g/mol. The summed E-state index contributed by atoms with van der Waals surface area (Å²) in [5, 5.41) is 4.89. The number of thiazole rings is 1. The highest BCUT2D eigenvalue weighted by molar-refractivity contribution is 7.10. The average molecular weight is 537 g/mol. The summed E-state index contributed by atoms with van der Waals surface area (Å²) >= 11 is 1.30.